The van der Waals surface area contributed by atoms with Gasteiger partial charge in [-0.25, -0.2) is 0 Å². The molecule has 0 aromatic rings. The van der Waals surface area contributed by atoms with Gasteiger partial charge in [0.15, 0.2) is 0 Å². The van der Waals surface area contributed by atoms with Crippen molar-refractivity contribution in [1.82, 2.24) is 0 Å². The zero-order valence-electron chi connectivity index (χ0n) is 10.7. The lowest BCUT2D eigenvalue weighted by Crippen LogP contribution is -3.00. The Hall–Kier alpha value is -0.210. The van der Waals surface area contributed by atoms with Crippen LogP contribution in [0.15, 0.2) is 12.3 Å². The smallest absolute Gasteiger partial charge is 0.143 e. The fraction of sp³-hybridized carbons (Fsp3) is 0.833. The molecule has 0 aliphatic carbocycles. The van der Waals surface area contributed by atoms with Crippen molar-refractivity contribution in [2.75, 3.05) is 34.3 Å². The second-order valence-electron chi connectivity index (χ2n) is 4.90. The minimum absolute atomic E-state index is 0. The third-order valence-corrected chi connectivity index (χ3v) is 1.95. The van der Waals surface area contributed by atoms with Crippen LogP contribution in [0.5, 0.6) is 0 Å². The maximum atomic E-state index is 5.55. The van der Waals surface area contributed by atoms with E-state index in [1.54, 1.807) is 0 Å². The molecule has 0 N–H and O–H groups in total. The number of ether oxygens (including phenoxy) is 1. The van der Waals surface area contributed by atoms with Crippen molar-refractivity contribution >= 4 is 0 Å². The van der Waals surface area contributed by atoms with E-state index in [1.165, 1.54) is 19.3 Å². The summed E-state index contributed by atoms with van der Waals surface area (Å²) >= 11 is 0. The Balaban J connectivity index is 0. The summed E-state index contributed by atoms with van der Waals surface area (Å²) in [6, 6.07) is 0. The first-order valence-corrected chi connectivity index (χ1v) is 5.56. The number of unbranched alkanes of at least 4 members (excludes halogenated alkanes) is 3. The molecule has 2 nitrogen and oxygen atoms in total. The summed E-state index contributed by atoms with van der Waals surface area (Å²) in [5, 5.41) is 0. The molecule has 0 rings (SSSR count). The van der Waals surface area contributed by atoms with Crippen molar-refractivity contribution in [1.29, 1.82) is 0 Å². The molecule has 0 spiro atoms. The summed E-state index contributed by atoms with van der Waals surface area (Å²) in [4.78, 5) is 0. The fourth-order valence-corrected chi connectivity index (χ4v) is 1.32. The Morgan fingerprint density at radius 1 is 1.13 bits per heavy atom. The van der Waals surface area contributed by atoms with Gasteiger partial charge in [0.05, 0.1) is 27.7 Å². The predicted molar refractivity (Wildman–Crippen MR) is 62.1 cm³/mol. The average Bonchev–Trinajstić information content (AvgIpc) is 2.00. The summed E-state index contributed by atoms with van der Waals surface area (Å²) in [6.07, 6.45) is 5.02. The van der Waals surface area contributed by atoms with Gasteiger partial charge < -0.3 is 21.6 Å². The van der Waals surface area contributed by atoms with Crippen LogP contribution in [0.4, 0.5) is 0 Å². The molecule has 0 amide bonds. The average molecular weight is 236 g/mol. The highest BCUT2D eigenvalue weighted by atomic mass is 35.5. The van der Waals surface area contributed by atoms with E-state index in [2.05, 4.69) is 34.6 Å². The number of likely N-dealkylation sites (N-methyl/N-ethyl adjacent to an activating group) is 1. The number of quaternary nitrogens is 1. The first-order chi connectivity index (χ1) is 6.45. The molecule has 0 saturated carbocycles. The zero-order chi connectivity index (χ0) is 11.0. The number of rotatable bonds is 8. The highest BCUT2D eigenvalue weighted by Gasteiger charge is 2.09. The van der Waals surface area contributed by atoms with Gasteiger partial charge >= 0.3 is 0 Å². The molecule has 0 aromatic heterocycles. The molecule has 0 heterocycles. The monoisotopic (exact) mass is 235 g/mol. The molecule has 0 aliphatic rings. The molecule has 0 fully saturated rings. The minimum atomic E-state index is 0. The van der Waals surface area contributed by atoms with Gasteiger partial charge in [-0.05, 0) is 6.42 Å². The van der Waals surface area contributed by atoms with Crippen LogP contribution in [-0.4, -0.2) is 38.8 Å². The third-order valence-electron chi connectivity index (χ3n) is 1.95. The first kappa shape index (κ1) is 17.2. The molecule has 92 valence electrons. The standard InChI is InChI=1S/C12H26NO.ClH/c1-6-7-8-9-10-14-12(2)11-13(3,4)5;/h2,6-11H2,1,3-5H3;1H/q+1;/p-1. The van der Waals surface area contributed by atoms with Crippen LogP contribution < -0.4 is 12.4 Å². The maximum absolute atomic E-state index is 5.55. The van der Waals surface area contributed by atoms with Gasteiger partial charge in [0, 0.05) is 0 Å². The Morgan fingerprint density at radius 2 is 1.73 bits per heavy atom. The van der Waals surface area contributed by atoms with Crippen molar-refractivity contribution in [3.05, 3.63) is 12.3 Å². The number of halogens is 1. The highest BCUT2D eigenvalue weighted by Crippen LogP contribution is 2.04. The van der Waals surface area contributed by atoms with Crippen LogP contribution in [0.3, 0.4) is 0 Å². The lowest BCUT2D eigenvalue weighted by molar-refractivity contribution is -0.866. The largest absolute Gasteiger partial charge is 1.00 e. The summed E-state index contributed by atoms with van der Waals surface area (Å²) < 4.78 is 6.44. The normalized spacial score (nSPS) is 10.7. The summed E-state index contributed by atoms with van der Waals surface area (Å²) in [6.45, 7) is 7.87. The SMILES string of the molecule is C=C(C[N+](C)(C)C)OCCCCCC.[Cl-]. The Bertz CT molecular complexity index is 163. The maximum Gasteiger partial charge on any atom is 0.143 e. The van der Waals surface area contributed by atoms with E-state index in [-0.39, 0.29) is 12.4 Å². The van der Waals surface area contributed by atoms with E-state index in [0.717, 1.165) is 29.8 Å². The molecule has 0 aromatic carbocycles. The fourth-order valence-electron chi connectivity index (χ4n) is 1.32. The van der Waals surface area contributed by atoms with E-state index in [0.29, 0.717) is 0 Å². The highest BCUT2D eigenvalue weighted by molar-refractivity contribution is 4.81. The topological polar surface area (TPSA) is 9.23 Å². The van der Waals surface area contributed by atoms with Crippen LogP contribution in [-0.2, 0) is 4.74 Å². The van der Waals surface area contributed by atoms with Crippen molar-refractivity contribution in [3.8, 4) is 0 Å². The van der Waals surface area contributed by atoms with Crippen LogP contribution in [0.2, 0.25) is 0 Å². The zero-order valence-corrected chi connectivity index (χ0v) is 11.4. The molecule has 0 atom stereocenters. The predicted octanol–water partition coefficient (Wildman–Crippen LogP) is -0.193. The van der Waals surface area contributed by atoms with Crippen LogP contribution in [0.1, 0.15) is 32.6 Å². The minimum Gasteiger partial charge on any atom is -1.00 e. The molecular formula is C12H26ClNO. The third kappa shape index (κ3) is 13.8. The molecule has 0 saturated heterocycles. The van der Waals surface area contributed by atoms with E-state index < -0.39 is 0 Å². The molecule has 0 aliphatic heterocycles. The van der Waals surface area contributed by atoms with Gasteiger partial charge in [-0.15, -0.1) is 0 Å². The molecule has 0 radical (unpaired) electrons. The van der Waals surface area contributed by atoms with E-state index in [1.807, 2.05) is 0 Å². The molecule has 0 unspecified atom stereocenters. The van der Waals surface area contributed by atoms with E-state index in [9.17, 15) is 0 Å². The van der Waals surface area contributed by atoms with Gasteiger partial charge in [0.25, 0.3) is 0 Å². The summed E-state index contributed by atoms with van der Waals surface area (Å²) in [5.74, 6) is 0.911. The Labute approximate surface area is 101 Å². The Kier molecular flexibility index (Phi) is 10.4. The van der Waals surface area contributed by atoms with Crippen molar-refractivity contribution < 1.29 is 21.6 Å². The number of nitrogens with zero attached hydrogens (tertiary/aromatic N) is 1. The van der Waals surface area contributed by atoms with E-state index >= 15 is 0 Å². The number of hydrogen-bond donors (Lipinski definition) is 0. The van der Waals surface area contributed by atoms with Gasteiger partial charge in [-0.1, -0.05) is 32.8 Å². The second kappa shape index (κ2) is 9.05. The lowest BCUT2D eigenvalue weighted by Gasteiger charge is -2.24. The summed E-state index contributed by atoms with van der Waals surface area (Å²) in [5.41, 5.74) is 0. The van der Waals surface area contributed by atoms with E-state index in [4.69, 9.17) is 4.74 Å². The van der Waals surface area contributed by atoms with Gasteiger partial charge in [-0.3, -0.25) is 0 Å². The van der Waals surface area contributed by atoms with Gasteiger partial charge in [0.2, 0.25) is 0 Å². The Morgan fingerprint density at radius 3 is 2.20 bits per heavy atom. The quantitative estimate of drug-likeness (QED) is 0.322. The molecular weight excluding hydrogens is 210 g/mol. The first-order valence-electron chi connectivity index (χ1n) is 5.56. The summed E-state index contributed by atoms with van der Waals surface area (Å²) in [7, 11) is 6.43. The van der Waals surface area contributed by atoms with Crippen molar-refractivity contribution in [2.24, 2.45) is 0 Å². The second-order valence-corrected chi connectivity index (χ2v) is 4.90. The molecule has 0 bridgehead atoms. The molecule has 15 heavy (non-hydrogen) atoms. The number of hydrogen-bond acceptors (Lipinski definition) is 1. The molecule has 3 heteroatoms. The lowest BCUT2D eigenvalue weighted by atomic mass is 10.2. The van der Waals surface area contributed by atoms with Crippen molar-refractivity contribution in [2.45, 2.75) is 32.6 Å². The van der Waals surface area contributed by atoms with Crippen LogP contribution in [0, 0.1) is 0 Å². The van der Waals surface area contributed by atoms with Gasteiger partial charge in [-0.2, -0.15) is 0 Å². The van der Waals surface area contributed by atoms with Crippen molar-refractivity contribution in [3.63, 3.8) is 0 Å². The van der Waals surface area contributed by atoms with Crippen LogP contribution >= 0.6 is 0 Å². The van der Waals surface area contributed by atoms with Crippen LogP contribution in [0.25, 0.3) is 0 Å². The van der Waals surface area contributed by atoms with Gasteiger partial charge in [0.1, 0.15) is 12.3 Å².